The van der Waals surface area contributed by atoms with Crippen molar-refractivity contribution in [1.82, 2.24) is 10.2 Å². The summed E-state index contributed by atoms with van der Waals surface area (Å²) in [5.74, 6) is 0. The van der Waals surface area contributed by atoms with Gasteiger partial charge in [0.15, 0.2) is 0 Å². The minimum absolute atomic E-state index is 0.463. The number of rotatable bonds is 3. The smallest absolute Gasteiger partial charge is 0.0700 e. The Morgan fingerprint density at radius 1 is 1.24 bits per heavy atom. The van der Waals surface area contributed by atoms with Gasteiger partial charge in [-0.05, 0) is 26.3 Å². The molecule has 1 aliphatic carbocycles. The minimum Gasteiger partial charge on any atom is -0.376 e. The summed E-state index contributed by atoms with van der Waals surface area (Å²) in [5, 5.41) is 3.54. The van der Waals surface area contributed by atoms with E-state index in [1.807, 2.05) is 0 Å². The fourth-order valence-electron chi connectivity index (χ4n) is 3.35. The first-order chi connectivity index (χ1) is 8.35. The molecule has 2 rings (SSSR count). The molecule has 1 aliphatic heterocycles. The van der Waals surface area contributed by atoms with Gasteiger partial charge in [-0.1, -0.05) is 26.2 Å². The second kappa shape index (κ2) is 6.72. The van der Waals surface area contributed by atoms with Gasteiger partial charge in [-0.2, -0.15) is 0 Å². The molecule has 2 aliphatic rings. The number of morpholine rings is 1. The van der Waals surface area contributed by atoms with Gasteiger partial charge in [-0.3, -0.25) is 4.90 Å². The molecule has 0 amide bonds. The van der Waals surface area contributed by atoms with Crippen LogP contribution in [-0.2, 0) is 4.74 Å². The van der Waals surface area contributed by atoms with E-state index in [9.17, 15) is 0 Å². The third-order valence-corrected chi connectivity index (χ3v) is 4.44. The number of ether oxygens (including phenoxy) is 1. The van der Waals surface area contributed by atoms with Gasteiger partial charge in [-0.15, -0.1) is 0 Å². The number of hydrogen-bond acceptors (Lipinski definition) is 3. The molecule has 1 heterocycles. The SMILES string of the molecule is CCC1CN(C2CCCCCC2NC)CCO1. The average molecular weight is 240 g/mol. The van der Waals surface area contributed by atoms with Crippen molar-refractivity contribution < 1.29 is 4.74 Å². The molecule has 2 fully saturated rings. The molecule has 0 aromatic carbocycles. The molecule has 3 heteroatoms. The summed E-state index contributed by atoms with van der Waals surface area (Å²) in [7, 11) is 2.13. The van der Waals surface area contributed by atoms with E-state index < -0.39 is 0 Å². The fourth-order valence-corrected chi connectivity index (χ4v) is 3.35. The van der Waals surface area contributed by atoms with Gasteiger partial charge >= 0.3 is 0 Å². The van der Waals surface area contributed by atoms with Crippen LogP contribution in [0.4, 0.5) is 0 Å². The fraction of sp³-hybridized carbons (Fsp3) is 1.00. The number of nitrogens with zero attached hydrogens (tertiary/aromatic N) is 1. The molecule has 1 saturated heterocycles. The first kappa shape index (κ1) is 13.3. The summed E-state index contributed by atoms with van der Waals surface area (Å²) < 4.78 is 5.79. The summed E-state index contributed by atoms with van der Waals surface area (Å²) in [4.78, 5) is 2.68. The Hall–Kier alpha value is -0.120. The molecular weight excluding hydrogens is 212 g/mol. The van der Waals surface area contributed by atoms with Gasteiger partial charge in [0.05, 0.1) is 12.7 Å². The number of likely N-dealkylation sites (N-methyl/N-ethyl adjacent to an activating group) is 1. The zero-order valence-electron chi connectivity index (χ0n) is 11.5. The third kappa shape index (κ3) is 3.43. The predicted molar refractivity (Wildman–Crippen MR) is 71.3 cm³/mol. The van der Waals surface area contributed by atoms with E-state index in [2.05, 4.69) is 24.2 Å². The van der Waals surface area contributed by atoms with E-state index in [-0.39, 0.29) is 0 Å². The lowest BCUT2D eigenvalue weighted by atomic mass is 10.00. The van der Waals surface area contributed by atoms with Crippen LogP contribution in [0.3, 0.4) is 0 Å². The third-order valence-electron chi connectivity index (χ3n) is 4.44. The topological polar surface area (TPSA) is 24.5 Å². The molecule has 0 aromatic heterocycles. The van der Waals surface area contributed by atoms with Crippen LogP contribution in [0, 0.1) is 0 Å². The van der Waals surface area contributed by atoms with E-state index in [4.69, 9.17) is 4.74 Å². The lowest BCUT2D eigenvalue weighted by molar-refractivity contribution is -0.0501. The zero-order chi connectivity index (χ0) is 12.1. The Bertz CT molecular complexity index is 222. The first-order valence-electron chi connectivity index (χ1n) is 7.38. The van der Waals surface area contributed by atoms with Crippen molar-refractivity contribution in [1.29, 1.82) is 0 Å². The molecule has 0 spiro atoms. The summed E-state index contributed by atoms with van der Waals surface area (Å²) in [5.41, 5.74) is 0. The summed E-state index contributed by atoms with van der Waals surface area (Å²) in [6.45, 7) is 5.42. The first-order valence-corrected chi connectivity index (χ1v) is 7.38. The molecule has 0 bridgehead atoms. The summed E-state index contributed by atoms with van der Waals surface area (Å²) >= 11 is 0. The van der Waals surface area contributed by atoms with Gasteiger partial charge in [0, 0.05) is 25.2 Å². The average Bonchev–Trinajstić information content (AvgIpc) is 2.63. The second-order valence-electron chi connectivity index (χ2n) is 5.50. The van der Waals surface area contributed by atoms with E-state index in [1.165, 1.54) is 32.1 Å². The van der Waals surface area contributed by atoms with E-state index in [1.54, 1.807) is 0 Å². The van der Waals surface area contributed by atoms with Crippen LogP contribution < -0.4 is 5.32 Å². The van der Waals surface area contributed by atoms with Crippen molar-refractivity contribution in [3.05, 3.63) is 0 Å². The maximum atomic E-state index is 5.79. The lowest BCUT2D eigenvalue weighted by Crippen LogP contribution is -2.54. The highest BCUT2D eigenvalue weighted by Gasteiger charge is 2.31. The highest BCUT2D eigenvalue weighted by Crippen LogP contribution is 2.24. The van der Waals surface area contributed by atoms with Gasteiger partial charge in [-0.25, -0.2) is 0 Å². The molecule has 0 aromatic rings. The maximum absolute atomic E-state index is 5.79. The zero-order valence-corrected chi connectivity index (χ0v) is 11.5. The van der Waals surface area contributed by atoms with Crippen LogP contribution in [0.2, 0.25) is 0 Å². The molecular formula is C14H28N2O. The molecule has 3 nitrogen and oxygen atoms in total. The largest absolute Gasteiger partial charge is 0.376 e. The normalized spacial score (nSPS) is 36.7. The Labute approximate surface area is 106 Å². The quantitative estimate of drug-likeness (QED) is 0.764. The highest BCUT2D eigenvalue weighted by atomic mass is 16.5. The van der Waals surface area contributed by atoms with Crippen LogP contribution in [0.5, 0.6) is 0 Å². The summed E-state index contributed by atoms with van der Waals surface area (Å²) in [6.07, 6.45) is 8.52. The highest BCUT2D eigenvalue weighted by molar-refractivity contribution is 4.88. The monoisotopic (exact) mass is 240 g/mol. The molecule has 1 N–H and O–H groups in total. The van der Waals surface area contributed by atoms with Crippen molar-refractivity contribution in [2.45, 2.75) is 63.6 Å². The van der Waals surface area contributed by atoms with Gasteiger partial charge in [0.25, 0.3) is 0 Å². The second-order valence-corrected chi connectivity index (χ2v) is 5.50. The van der Waals surface area contributed by atoms with Crippen molar-refractivity contribution in [3.63, 3.8) is 0 Å². The summed E-state index contributed by atoms with van der Waals surface area (Å²) in [6, 6.07) is 1.42. The Balaban J connectivity index is 1.96. The lowest BCUT2D eigenvalue weighted by Gasteiger charge is -2.41. The van der Waals surface area contributed by atoms with E-state index >= 15 is 0 Å². The van der Waals surface area contributed by atoms with Crippen LogP contribution in [0.25, 0.3) is 0 Å². The van der Waals surface area contributed by atoms with Crippen LogP contribution in [0.1, 0.15) is 45.4 Å². The van der Waals surface area contributed by atoms with Gasteiger partial charge in [0.1, 0.15) is 0 Å². The van der Waals surface area contributed by atoms with Crippen molar-refractivity contribution in [3.8, 4) is 0 Å². The van der Waals surface area contributed by atoms with Crippen molar-refractivity contribution in [2.75, 3.05) is 26.7 Å². The minimum atomic E-state index is 0.463. The van der Waals surface area contributed by atoms with Crippen LogP contribution in [-0.4, -0.2) is 49.8 Å². The van der Waals surface area contributed by atoms with E-state index in [0.29, 0.717) is 12.1 Å². The molecule has 3 unspecified atom stereocenters. The number of hydrogen-bond donors (Lipinski definition) is 1. The van der Waals surface area contributed by atoms with Gasteiger partial charge < -0.3 is 10.1 Å². The number of nitrogens with one attached hydrogen (secondary N) is 1. The van der Waals surface area contributed by atoms with E-state index in [0.717, 1.165) is 32.2 Å². The van der Waals surface area contributed by atoms with Crippen molar-refractivity contribution >= 4 is 0 Å². The predicted octanol–water partition coefficient (Wildman–Crippen LogP) is 2.02. The standard InChI is InChI=1S/C14H28N2O/c1-3-12-11-16(9-10-17-12)14-8-6-4-5-7-13(14)15-2/h12-15H,3-11H2,1-2H3. The molecule has 100 valence electrons. The Morgan fingerprint density at radius 3 is 2.82 bits per heavy atom. The Morgan fingerprint density at radius 2 is 2.06 bits per heavy atom. The van der Waals surface area contributed by atoms with Crippen molar-refractivity contribution in [2.24, 2.45) is 0 Å². The molecule has 17 heavy (non-hydrogen) atoms. The Kier molecular flexibility index (Phi) is 5.26. The van der Waals surface area contributed by atoms with Crippen LogP contribution >= 0.6 is 0 Å². The molecule has 0 radical (unpaired) electrons. The van der Waals surface area contributed by atoms with Gasteiger partial charge in [0.2, 0.25) is 0 Å². The molecule has 3 atom stereocenters. The van der Waals surface area contributed by atoms with Crippen LogP contribution in [0.15, 0.2) is 0 Å². The molecule has 1 saturated carbocycles. The maximum Gasteiger partial charge on any atom is 0.0700 e.